The summed E-state index contributed by atoms with van der Waals surface area (Å²) in [6, 6.07) is 13.9. The van der Waals surface area contributed by atoms with Gasteiger partial charge in [0.2, 0.25) is 0 Å². The number of hydrogen-bond acceptors (Lipinski definition) is 6. The van der Waals surface area contributed by atoms with E-state index >= 15 is 0 Å². The van der Waals surface area contributed by atoms with Crippen LogP contribution in [0.5, 0.6) is 0 Å². The van der Waals surface area contributed by atoms with E-state index in [1.54, 1.807) is 31.2 Å². The molecule has 0 spiro atoms. The van der Waals surface area contributed by atoms with Crippen LogP contribution in [0, 0.1) is 19.1 Å². The third kappa shape index (κ3) is 6.18. The van der Waals surface area contributed by atoms with Crippen LogP contribution < -0.4 is 0 Å². The zero-order valence-corrected chi connectivity index (χ0v) is 16.3. The van der Waals surface area contributed by atoms with Gasteiger partial charge in [0.05, 0.1) is 11.1 Å². The first kappa shape index (κ1) is 21.6. The summed E-state index contributed by atoms with van der Waals surface area (Å²) in [6.07, 6.45) is 1.48. The van der Waals surface area contributed by atoms with Crippen molar-refractivity contribution >= 4 is 11.9 Å². The fraction of sp³-hybridized carbons (Fsp3) is 0.273. The lowest BCUT2D eigenvalue weighted by molar-refractivity contribution is -0.369. The van der Waals surface area contributed by atoms with E-state index in [2.05, 4.69) is 6.92 Å². The second-order valence-corrected chi connectivity index (χ2v) is 6.23. The summed E-state index contributed by atoms with van der Waals surface area (Å²) >= 11 is 0. The van der Waals surface area contributed by atoms with Gasteiger partial charge in [-0.2, -0.15) is 0 Å². The van der Waals surface area contributed by atoms with Crippen LogP contribution in [0.15, 0.2) is 48.5 Å². The summed E-state index contributed by atoms with van der Waals surface area (Å²) in [5.74, 6) is -1.97. The lowest BCUT2D eigenvalue weighted by atomic mass is 10.1. The molecule has 148 valence electrons. The van der Waals surface area contributed by atoms with Crippen LogP contribution in [0.3, 0.4) is 0 Å². The lowest BCUT2D eigenvalue weighted by Gasteiger charge is -2.16. The van der Waals surface area contributed by atoms with Crippen molar-refractivity contribution in [1.29, 1.82) is 0 Å². The molecular weight excluding hydrogens is 360 g/mol. The third-order valence-electron chi connectivity index (χ3n) is 4.00. The molecule has 0 bridgehead atoms. The van der Waals surface area contributed by atoms with Crippen molar-refractivity contribution in [2.24, 2.45) is 5.92 Å². The molecule has 6 nitrogen and oxygen atoms in total. The molecule has 2 radical (unpaired) electrons. The molecule has 0 amide bonds. The van der Waals surface area contributed by atoms with Crippen LogP contribution in [0.2, 0.25) is 0 Å². The zero-order chi connectivity index (χ0) is 20.5. The fourth-order valence-corrected chi connectivity index (χ4v) is 2.19. The maximum atomic E-state index is 12.0. The summed E-state index contributed by atoms with van der Waals surface area (Å²) in [7, 11) is 0. The highest BCUT2D eigenvalue weighted by molar-refractivity contribution is 5.89. The van der Waals surface area contributed by atoms with E-state index < -0.39 is 17.9 Å². The van der Waals surface area contributed by atoms with Crippen molar-refractivity contribution < 1.29 is 29.1 Å². The molecule has 0 fully saturated rings. The van der Waals surface area contributed by atoms with Crippen molar-refractivity contribution in [2.45, 2.75) is 33.6 Å². The molecule has 0 heterocycles. The highest BCUT2D eigenvalue weighted by Crippen LogP contribution is 2.19. The zero-order valence-electron chi connectivity index (χ0n) is 16.3. The molecule has 2 aromatic rings. The molecule has 0 aliphatic carbocycles. The molecule has 0 aliphatic rings. The summed E-state index contributed by atoms with van der Waals surface area (Å²) in [4.78, 5) is 43.4. The van der Waals surface area contributed by atoms with Gasteiger partial charge in [0.15, 0.2) is 0 Å². The van der Waals surface area contributed by atoms with Gasteiger partial charge in [0, 0.05) is 5.92 Å². The van der Waals surface area contributed by atoms with Gasteiger partial charge in [0.25, 0.3) is 0 Å². The number of rotatable bonds is 9. The maximum Gasteiger partial charge on any atom is 0.373 e. The minimum Gasteiger partial charge on any atom is -0.289 e. The van der Waals surface area contributed by atoms with E-state index in [0.717, 1.165) is 24.0 Å². The molecule has 0 aromatic heterocycles. The van der Waals surface area contributed by atoms with E-state index in [0.29, 0.717) is 11.1 Å². The van der Waals surface area contributed by atoms with Gasteiger partial charge in [0.1, 0.15) is 0 Å². The van der Waals surface area contributed by atoms with E-state index in [9.17, 15) is 9.59 Å². The Labute approximate surface area is 165 Å². The molecule has 0 N–H and O–H groups in total. The molecule has 1 unspecified atom stereocenters. The Morgan fingerprint density at radius 1 is 0.750 bits per heavy atom. The predicted octanol–water partition coefficient (Wildman–Crippen LogP) is 4.65. The summed E-state index contributed by atoms with van der Waals surface area (Å²) < 4.78 is 0. The minimum absolute atomic E-state index is 0.253. The molecule has 28 heavy (non-hydrogen) atoms. The Bertz CT molecular complexity index is 701. The molecule has 6 heteroatoms. The number of hydrogen-bond donors (Lipinski definition) is 0. The SMILES string of the molecule is [CH2]C(C)[C](OOC(=O)c1ccc(CC)cc1)OOC(=O)c1ccc(CC)cc1. The molecule has 2 rings (SSSR count). The first-order chi connectivity index (χ1) is 13.4. The smallest absolute Gasteiger partial charge is 0.289 e. The lowest BCUT2D eigenvalue weighted by Crippen LogP contribution is -2.20. The second-order valence-electron chi connectivity index (χ2n) is 6.23. The normalized spacial score (nSPS) is 10.9. The van der Waals surface area contributed by atoms with Gasteiger partial charge >= 0.3 is 18.2 Å². The summed E-state index contributed by atoms with van der Waals surface area (Å²) in [5.41, 5.74) is 2.83. The van der Waals surface area contributed by atoms with Crippen molar-refractivity contribution in [3.63, 3.8) is 0 Å². The van der Waals surface area contributed by atoms with Crippen molar-refractivity contribution in [3.05, 3.63) is 84.0 Å². The third-order valence-corrected chi connectivity index (χ3v) is 4.00. The van der Waals surface area contributed by atoms with Gasteiger partial charge in [-0.25, -0.2) is 9.59 Å². The van der Waals surface area contributed by atoms with Crippen molar-refractivity contribution in [1.82, 2.24) is 0 Å². The largest absolute Gasteiger partial charge is 0.373 e. The second kappa shape index (κ2) is 10.6. The minimum atomic E-state index is -0.703. The standard InChI is InChI=1S/C22H24O6/c1-5-16-7-11-18(12-8-16)20(23)25-27-22(15(3)4)28-26-21(24)19-13-9-17(6-2)10-14-19/h7-15H,3,5-6H2,1-2,4H3. The molecular formula is C22H24O6. The van der Waals surface area contributed by atoms with Crippen LogP contribution in [-0.2, 0) is 32.4 Å². The Balaban J connectivity index is 1.87. The van der Waals surface area contributed by atoms with Gasteiger partial charge in [-0.15, -0.1) is 9.78 Å². The average molecular weight is 384 g/mol. The predicted molar refractivity (Wildman–Crippen MR) is 102 cm³/mol. The Morgan fingerprint density at radius 3 is 1.39 bits per heavy atom. The van der Waals surface area contributed by atoms with E-state index in [-0.39, 0.29) is 6.29 Å². The number of aryl methyl sites for hydroxylation is 2. The van der Waals surface area contributed by atoms with E-state index in [1.165, 1.54) is 0 Å². The monoisotopic (exact) mass is 384 g/mol. The van der Waals surface area contributed by atoms with E-state index in [1.807, 2.05) is 38.1 Å². The number of carbonyl (C=O) groups is 2. The highest BCUT2D eigenvalue weighted by Gasteiger charge is 2.25. The highest BCUT2D eigenvalue weighted by atomic mass is 17.3. The summed E-state index contributed by atoms with van der Waals surface area (Å²) in [6.45, 7) is 9.38. The van der Waals surface area contributed by atoms with Crippen LogP contribution in [0.1, 0.15) is 52.6 Å². The van der Waals surface area contributed by atoms with Crippen molar-refractivity contribution in [3.8, 4) is 0 Å². The molecule has 0 saturated heterocycles. The van der Waals surface area contributed by atoms with Gasteiger partial charge in [-0.05, 0) is 55.2 Å². The average Bonchev–Trinajstić information content (AvgIpc) is 2.73. The van der Waals surface area contributed by atoms with Gasteiger partial charge in [-0.3, -0.25) is 9.78 Å². The van der Waals surface area contributed by atoms with Crippen LogP contribution >= 0.6 is 0 Å². The fourth-order valence-electron chi connectivity index (χ4n) is 2.19. The van der Waals surface area contributed by atoms with Crippen molar-refractivity contribution in [2.75, 3.05) is 0 Å². The molecule has 2 aromatic carbocycles. The molecule has 0 aliphatic heterocycles. The topological polar surface area (TPSA) is 71.1 Å². The molecule has 1 atom stereocenters. The molecule has 0 saturated carbocycles. The number of benzene rings is 2. The maximum absolute atomic E-state index is 12.0. The van der Waals surface area contributed by atoms with Crippen LogP contribution in [0.4, 0.5) is 0 Å². The Hall–Kier alpha value is -2.70. The quantitative estimate of drug-likeness (QED) is 0.463. The summed E-state index contributed by atoms with van der Waals surface area (Å²) in [5, 5.41) is 0. The number of carbonyl (C=O) groups excluding carboxylic acids is 2. The Morgan fingerprint density at radius 2 is 1.11 bits per heavy atom. The first-order valence-corrected chi connectivity index (χ1v) is 9.10. The van der Waals surface area contributed by atoms with Crippen LogP contribution in [-0.4, -0.2) is 11.9 Å². The van der Waals surface area contributed by atoms with Crippen LogP contribution in [0.25, 0.3) is 0 Å². The Kier molecular flexibility index (Phi) is 8.17. The van der Waals surface area contributed by atoms with E-state index in [4.69, 9.17) is 19.6 Å². The van der Waals surface area contributed by atoms with Gasteiger partial charge in [-0.1, -0.05) is 45.0 Å². The van der Waals surface area contributed by atoms with Gasteiger partial charge < -0.3 is 0 Å². The first-order valence-electron chi connectivity index (χ1n) is 9.10.